The van der Waals surface area contributed by atoms with Crippen LogP contribution in [0, 0.1) is 0 Å². The molecule has 0 atom stereocenters. The molecule has 0 unspecified atom stereocenters. The summed E-state index contributed by atoms with van der Waals surface area (Å²) in [6, 6.07) is 6.86. The van der Waals surface area contributed by atoms with E-state index >= 15 is 0 Å². The van der Waals surface area contributed by atoms with Crippen LogP contribution in [0.5, 0.6) is 11.5 Å². The Labute approximate surface area is 98.0 Å². The molecule has 1 N–H and O–H groups in total. The number of benzene rings is 1. The van der Waals surface area contributed by atoms with Gasteiger partial charge in [-0.15, -0.1) is 0 Å². The monoisotopic (exact) mass is 232 g/mol. The van der Waals surface area contributed by atoms with Crippen molar-refractivity contribution in [1.29, 1.82) is 0 Å². The zero-order valence-corrected chi connectivity index (χ0v) is 9.56. The normalized spacial score (nSPS) is 10.0. The molecule has 0 radical (unpaired) electrons. The third kappa shape index (κ3) is 2.28. The SMILES string of the molecule is COc1ccc(-c2cn[nH]c(=O)c2)c(OC)c1. The van der Waals surface area contributed by atoms with Gasteiger partial charge in [0.05, 0.1) is 20.4 Å². The minimum Gasteiger partial charge on any atom is -0.497 e. The number of aromatic nitrogens is 2. The van der Waals surface area contributed by atoms with Crippen LogP contribution in [-0.2, 0) is 0 Å². The van der Waals surface area contributed by atoms with Crippen molar-refractivity contribution >= 4 is 0 Å². The molecule has 5 nitrogen and oxygen atoms in total. The van der Waals surface area contributed by atoms with Gasteiger partial charge in [0.2, 0.25) is 0 Å². The molecule has 0 saturated carbocycles. The summed E-state index contributed by atoms with van der Waals surface area (Å²) < 4.78 is 10.4. The molecule has 0 aliphatic rings. The molecule has 0 spiro atoms. The predicted octanol–water partition coefficient (Wildman–Crippen LogP) is 1.45. The van der Waals surface area contributed by atoms with Crippen LogP contribution in [0.25, 0.3) is 11.1 Å². The molecular weight excluding hydrogens is 220 g/mol. The number of nitrogens with zero attached hydrogens (tertiary/aromatic N) is 1. The Bertz CT molecular complexity index is 578. The van der Waals surface area contributed by atoms with Gasteiger partial charge in [0.25, 0.3) is 5.56 Å². The highest BCUT2D eigenvalue weighted by molar-refractivity contribution is 5.70. The highest BCUT2D eigenvalue weighted by atomic mass is 16.5. The van der Waals surface area contributed by atoms with E-state index in [0.29, 0.717) is 17.1 Å². The lowest BCUT2D eigenvalue weighted by Crippen LogP contribution is -2.05. The quantitative estimate of drug-likeness (QED) is 0.870. The molecule has 0 aliphatic carbocycles. The van der Waals surface area contributed by atoms with Gasteiger partial charge in [-0.05, 0) is 12.1 Å². The zero-order valence-electron chi connectivity index (χ0n) is 9.56. The fourth-order valence-corrected chi connectivity index (χ4v) is 1.56. The Kier molecular flexibility index (Phi) is 3.09. The van der Waals surface area contributed by atoms with Gasteiger partial charge in [0.15, 0.2) is 0 Å². The van der Waals surface area contributed by atoms with E-state index in [9.17, 15) is 4.79 Å². The average Bonchev–Trinajstić information content (AvgIpc) is 2.38. The van der Waals surface area contributed by atoms with Gasteiger partial charge in [-0.1, -0.05) is 0 Å². The summed E-state index contributed by atoms with van der Waals surface area (Å²) in [6.07, 6.45) is 1.58. The van der Waals surface area contributed by atoms with Crippen LogP contribution >= 0.6 is 0 Å². The number of nitrogens with one attached hydrogen (secondary N) is 1. The molecule has 0 fully saturated rings. The van der Waals surface area contributed by atoms with Crippen molar-refractivity contribution in [3.63, 3.8) is 0 Å². The molecule has 0 saturated heterocycles. The number of rotatable bonds is 3. The van der Waals surface area contributed by atoms with Crippen LogP contribution in [0.15, 0.2) is 35.3 Å². The first-order chi connectivity index (χ1) is 8.24. The van der Waals surface area contributed by atoms with E-state index in [1.807, 2.05) is 6.07 Å². The summed E-state index contributed by atoms with van der Waals surface area (Å²) in [5, 5.41) is 6.08. The van der Waals surface area contributed by atoms with Gasteiger partial charge < -0.3 is 9.47 Å². The fraction of sp³-hybridized carbons (Fsp3) is 0.167. The standard InChI is InChI=1S/C12H12N2O3/c1-16-9-3-4-10(11(6-9)17-2)8-5-12(15)14-13-7-8/h3-7H,1-2H3,(H,14,15). The van der Waals surface area contributed by atoms with Gasteiger partial charge in [-0.2, -0.15) is 5.10 Å². The summed E-state index contributed by atoms with van der Waals surface area (Å²) in [5.74, 6) is 1.33. The van der Waals surface area contributed by atoms with Gasteiger partial charge in [-0.3, -0.25) is 4.79 Å². The number of hydrogen-bond donors (Lipinski definition) is 1. The predicted molar refractivity (Wildman–Crippen MR) is 63.4 cm³/mol. The van der Waals surface area contributed by atoms with E-state index in [0.717, 1.165) is 5.56 Å². The molecule has 17 heavy (non-hydrogen) atoms. The molecule has 2 aromatic rings. The van der Waals surface area contributed by atoms with Crippen LogP contribution < -0.4 is 15.0 Å². The summed E-state index contributed by atoms with van der Waals surface area (Å²) in [6.45, 7) is 0. The van der Waals surface area contributed by atoms with Crippen molar-refractivity contribution < 1.29 is 9.47 Å². The first-order valence-corrected chi connectivity index (χ1v) is 5.01. The number of aromatic amines is 1. The van der Waals surface area contributed by atoms with Crippen molar-refractivity contribution in [2.45, 2.75) is 0 Å². The second-order valence-electron chi connectivity index (χ2n) is 3.40. The summed E-state index contributed by atoms with van der Waals surface area (Å²) in [5.41, 5.74) is 1.25. The smallest absolute Gasteiger partial charge is 0.264 e. The Morgan fingerprint density at radius 3 is 2.65 bits per heavy atom. The maximum Gasteiger partial charge on any atom is 0.264 e. The lowest BCUT2D eigenvalue weighted by atomic mass is 10.1. The molecule has 0 amide bonds. The second-order valence-corrected chi connectivity index (χ2v) is 3.40. The van der Waals surface area contributed by atoms with Gasteiger partial charge in [0, 0.05) is 23.3 Å². The van der Waals surface area contributed by atoms with Crippen molar-refractivity contribution in [2.75, 3.05) is 14.2 Å². The molecule has 88 valence electrons. The molecule has 0 bridgehead atoms. The van der Waals surface area contributed by atoms with E-state index in [1.54, 1.807) is 32.5 Å². The molecule has 0 aliphatic heterocycles. The van der Waals surface area contributed by atoms with E-state index in [1.165, 1.54) is 6.07 Å². The zero-order chi connectivity index (χ0) is 12.3. The Morgan fingerprint density at radius 2 is 2.00 bits per heavy atom. The van der Waals surface area contributed by atoms with Gasteiger partial charge >= 0.3 is 0 Å². The van der Waals surface area contributed by atoms with Gasteiger partial charge in [0.1, 0.15) is 11.5 Å². The number of hydrogen-bond acceptors (Lipinski definition) is 4. The number of ether oxygens (including phenoxy) is 2. The fourth-order valence-electron chi connectivity index (χ4n) is 1.56. The van der Waals surface area contributed by atoms with E-state index in [-0.39, 0.29) is 5.56 Å². The molecular formula is C12H12N2O3. The second kappa shape index (κ2) is 4.69. The first-order valence-electron chi connectivity index (χ1n) is 5.01. The molecule has 1 heterocycles. The van der Waals surface area contributed by atoms with Crippen molar-refractivity contribution in [2.24, 2.45) is 0 Å². The van der Waals surface area contributed by atoms with Crippen LogP contribution in [-0.4, -0.2) is 24.4 Å². The summed E-state index contributed by atoms with van der Waals surface area (Å²) in [7, 11) is 3.15. The van der Waals surface area contributed by atoms with E-state index < -0.39 is 0 Å². The topological polar surface area (TPSA) is 64.2 Å². The van der Waals surface area contributed by atoms with E-state index in [4.69, 9.17) is 9.47 Å². The third-order valence-electron chi connectivity index (χ3n) is 2.38. The Hall–Kier alpha value is -2.30. The van der Waals surface area contributed by atoms with Crippen molar-refractivity contribution in [3.8, 4) is 22.6 Å². The Morgan fingerprint density at radius 1 is 1.18 bits per heavy atom. The van der Waals surface area contributed by atoms with Crippen molar-refractivity contribution in [3.05, 3.63) is 40.8 Å². The van der Waals surface area contributed by atoms with Gasteiger partial charge in [-0.25, -0.2) is 5.10 Å². The molecule has 1 aromatic heterocycles. The lowest BCUT2D eigenvalue weighted by molar-refractivity contribution is 0.395. The Balaban J connectivity index is 2.55. The largest absolute Gasteiger partial charge is 0.497 e. The molecule has 1 aromatic carbocycles. The van der Waals surface area contributed by atoms with Crippen LogP contribution in [0.1, 0.15) is 0 Å². The lowest BCUT2D eigenvalue weighted by Gasteiger charge is -2.09. The van der Waals surface area contributed by atoms with Crippen LogP contribution in [0.4, 0.5) is 0 Å². The number of H-pyrrole nitrogens is 1. The van der Waals surface area contributed by atoms with Crippen molar-refractivity contribution in [1.82, 2.24) is 10.2 Å². The van der Waals surface area contributed by atoms with E-state index in [2.05, 4.69) is 10.2 Å². The highest BCUT2D eigenvalue weighted by Crippen LogP contribution is 2.31. The average molecular weight is 232 g/mol. The first kappa shape index (κ1) is 11.2. The highest BCUT2D eigenvalue weighted by Gasteiger charge is 2.08. The minimum absolute atomic E-state index is 0.250. The molecule has 2 rings (SSSR count). The third-order valence-corrected chi connectivity index (χ3v) is 2.38. The minimum atomic E-state index is -0.250. The van der Waals surface area contributed by atoms with Crippen LogP contribution in [0.2, 0.25) is 0 Å². The van der Waals surface area contributed by atoms with Crippen LogP contribution in [0.3, 0.4) is 0 Å². The summed E-state index contributed by atoms with van der Waals surface area (Å²) in [4.78, 5) is 11.2. The molecule has 5 heteroatoms. The maximum absolute atomic E-state index is 11.2. The number of methoxy groups -OCH3 is 2. The maximum atomic E-state index is 11.2. The summed E-state index contributed by atoms with van der Waals surface area (Å²) >= 11 is 0.